The first-order valence-corrected chi connectivity index (χ1v) is 13.2. The maximum absolute atomic E-state index is 13.2. The van der Waals surface area contributed by atoms with Crippen LogP contribution in [0.25, 0.3) is 5.69 Å². The first-order chi connectivity index (χ1) is 17.3. The Morgan fingerprint density at radius 3 is 2.50 bits per heavy atom. The third-order valence-electron chi connectivity index (χ3n) is 6.77. The molecule has 36 heavy (non-hydrogen) atoms. The largest absolute Gasteiger partial charge is 0.479 e. The molecular weight excluding hydrogens is 480 g/mol. The summed E-state index contributed by atoms with van der Waals surface area (Å²) in [5, 5.41) is 18.8. The van der Waals surface area contributed by atoms with Gasteiger partial charge >= 0.3 is 0 Å². The fourth-order valence-electron chi connectivity index (χ4n) is 4.89. The van der Waals surface area contributed by atoms with Crippen LogP contribution in [-0.2, 0) is 15.6 Å². The highest BCUT2D eigenvalue weighted by Crippen LogP contribution is 2.45. The molecule has 0 saturated carbocycles. The van der Waals surface area contributed by atoms with Crippen molar-refractivity contribution in [1.29, 1.82) is 5.26 Å². The van der Waals surface area contributed by atoms with E-state index < -0.39 is 21.7 Å². The van der Waals surface area contributed by atoms with Gasteiger partial charge in [-0.3, -0.25) is 9.36 Å². The van der Waals surface area contributed by atoms with Crippen LogP contribution in [0.5, 0.6) is 5.75 Å². The third-order valence-corrected chi connectivity index (χ3v) is 8.38. The number of para-hydroxylation sites is 2. The molecule has 1 aromatic heterocycles. The SMILES string of the molecule is CC(CO)NS(=O)(=O)c1ccc(C(=O)N2CCC3(CC2)Oc2ccccc2-n2c(C#N)ccc23)cc1. The quantitative estimate of drug-likeness (QED) is 0.548. The lowest BCUT2D eigenvalue weighted by atomic mass is 9.86. The minimum atomic E-state index is -3.79. The van der Waals surface area contributed by atoms with Gasteiger partial charge in [-0.05, 0) is 55.5 Å². The molecule has 5 rings (SSSR count). The molecule has 1 spiro atoms. The van der Waals surface area contributed by atoms with Crippen LogP contribution in [0.2, 0.25) is 0 Å². The first-order valence-electron chi connectivity index (χ1n) is 11.7. The lowest BCUT2D eigenvalue weighted by Gasteiger charge is -2.45. The van der Waals surface area contributed by atoms with Crippen molar-refractivity contribution in [1.82, 2.24) is 14.2 Å². The molecule has 2 aromatic carbocycles. The van der Waals surface area contributed by atoms with Crippen LogP contribution >= 0.6 is 0 Å². The van der Waals surface area contributed by atoms with E-state index >= 15 is 0 Å². The van der Waals surface area contributed by atoms with Crippen LogP contribution in [0.4, 0.5) is 0 Å². The van der Waals surface area contributed by atoms with Crippen LogP contribution in [0.3, 0.4) is 0 Å². The number of carbonyl (C=O) groups excluding carboxylic acids is 1. The van der Waals surface area contributed by atoms with Gasteiger partial charge in [0.2, 0.25) is 10.0 Å². The van der Waals surface area contributed by atoms with Crippen molar-refractivity contribution < 1.29 is 23.1 Å². The monoisotopic (exact) mass is 506 g/mol. The molecule has 10 heteroatoms. The molecule has 3 heterocycles. The molecule has 186 valence electrons. The molecule has 2 N–H and O–H groups in total. The predicted octanol–water partition coefficient (Wildman–Crippen LogP) is 2.53. The van der Waals surface area contributed by atoms with Gasteiger partial charge in [0.05, 0.1) is 22.9 Å². The lowest BCUT2D eigenvalue weighted by molar-refractivity contribution is -0.00937. The third kappa shape index (κ3) is 4.05. The first kappa shape index (κ1) is 24.1. The predicted molar refractivity (Wildman–Crippen MR) is 131 cm³/mol. The Morgan fingerprint density at radius 2 is 1.83 bits per heavy atom. The number of aromatic nitrogens is 1. The number of nitrogens with zero attached hydrogens (tertiary/aromatic N) is 3. The summed E-state index contributed by atoms with van der Waals surface area (Å²) in [7, 11) is -3.79. The second kappa shape index (κ2) is 9.09. The Hall–Kier alpha value is -3.65. The number of amides is 1. The number of nitriles is 1. The highest BCUT2D eigenvalue weighted by Gasteiger charge is 2.45. The highest BCUT2D eigenvalue weighted by molar-refractivity contribution is 7.89. The minimum absolute atomic E-state index is 0.0280. The van der Waals surface area contributed by atoms with E-state index in [-0.39, 0.29) is 17.4 Å². The van der Waals surface area contributed by atoms with Crippen molar-refractivity contribution in [2.75, 3.05) is 19.7 Å². The van der Waals surface area contributed by atoms with E-state index in [0.29, 0.717) is 42.9 Å². The fourth-order valence-corrected chi connectivity index (χ4v) is 6.12. The number of hydrogen-bond donors (Lipinski definition) is 2. The molecule has 0 radical (unpaired) electrons. The Balaban J connectivity index is 1.34. The van der Waals surface area contributed by atoms with E-state index in [0.717, 1.165) is 11.4 Å². The number of fused-ring (bicyclic) bond motifs is 4. The van der Waals surface area contributed by atoms with Crippen LogP contribution in [0.1, 0.15) is 41.5 Å². The smallest absolute Gasteiger partial charge is 0.253 e. The van der Waals surface area contributed by atoms with Crippen molar-refractivity contribution in [3.05, 3.63) is 77.6 Å². The Morgan fingerprint density at radius 1 is 1.14 bits per heavy atom. The molecule has 1 fully saturated rings. The molecule has 1 saturated heterocycles. The Bertz CT molecular complexity index is 1450. The van der Waals surface area contributed by atoms with Crippen LogP contribution in [0.15, 0.2) is 65.6 Å². The van der Waals surface area contributed by atoms with Crippen molar-refractivity contribution in [2.24, 2.45) is 0 Å². The van der Waals surface area contributed by atoms with Gasteiger partial charge in [-0.1, -0.05) is 12.1 Å². The van der Waals surface area contributed by atoms with E-state index in [4.69, 9.17) is 9.84 Å². The molecule has 1 unspecified atom stereocenters. The molecule has 1 atom stereocenters. The summed E-state index contributed by atoms with van der Waals surface area (Å²) in [5.41, 5.74) is 2.02. The molecule has 2 aliphatic heterocycles. The van der Waals surface area contributed by atoms with Crippen LogP contribution < -0.4 is 9.46 Å². The van der Waals surface area contributed by atoms with Gasteiger partial charge < -0.3 is 14.7 Å². The van der Waals surface area contributed by atoms with E-state index in [1.807, 2.05) is 34.9 Å². The molecule has 3 aromatic rings. The number of sulfonamides is 1. The molecule has 0 bridgehead atoms. The van der Waals surface area contributed by atoms with E-state index in [2.05, 4.69) is 10.8 Å². The number of benzene rings is 2. The summed E-state index contributed by atoms with van der Waals surface area (Å²) in [4.78, 5) is 15.0. The van der Waals surface area contributed by atoms with Crippen molar-refractivity contribution >= 4 is 15.9 Å². The van der Waals surface area contributed by atoms with Gasteiger partial charge in [-0.2, -0.15) is 5.26 Å². The van der Waals surface area contributed by atoms with Crippen LogP contribution in [-0.4, -0.2) is 54.6 Å². The number of carbonyl (C=O) groups is 1. The number of piperidine rings is 1. The summed E-state index contributed by atoms with van der Waals surface area (Å²) in [6.45, 7) is 2.14. The van der Waals surface area contributed by atoms with E-state index in [1.165, 1.54) is 24.3 Å². The van der Waals surface area contributed by atoms with Gasteiger partial charge in [-0.25, -0.2) is 13.1 Å². The average Bonchev–Trinajstić information content (AvgIpc) is 3.34. The zero-order valence-corrected chi connectivity index (χ0v) is 20.5. The van der Waals surface area contributed by atoms with Gasteiger partial charge in [-0.15, -0.1) is 0 Å². The summed E-state index contributed by atoms with van der Waals surface area (Å²) < 4.78 is 35.7. The van der Waals surface area contributed by atoms with E-state index in [1.54, 1.807) is 17.9 Å². The topological polar surface area (TPSA) is 125 Å². The summed E-state index contributed by atoms with van der Waals surface area (Å²) in [6.07, 6.45) is 1.11. The Labute approximate surface area is 209 Å². The van der Waals surface area contributed by atoms with Gasteiger partial charge in [0.1, 0.15) is 17.5 Å². The number of ether oxygens (including phenoxy) is 1. The molecule has 9 nitrogen and oxygen atoms in total. The fraction of sp³-hybridized carbons (Fsp3) is 0.308. The summed E-state index contributed by atoms with van der Waals surface area (Å²) in [5.74, 6) is 0.521. The number of nitrogens with one attached hydrogen (secondary N) is 1. The highest BCUT2D eigenvalue weighted by atomic mass is 32.2. The normalized spacial score (nSPS) is 17.0. The van der Waals surface area contributed by atoms with Gasteiger partial charge in [0.15, 0.2) is 5.60 Å². The van der Waals surface area contributed by atoms with Crippen molar-refractivity contribution in [2.45, 2.75) is 36.3 Å². The van der Waals surface area contributed by atoms with Crippen molar-refractivity contribution in [3.63, 3.8) is 0 Å². The number of likely N-dealkylation sites (tertiary alicyclic amines) is 1. The number of aliphatic hydroxyl groups is 1. The number of rotatable bonds is 5. The van der Waals surface area contributed by atoms with Crippen molar-refractivity contribution in [3.8, 4) is 17.5 Å². The maximum atomic E-state index is 13.2. The Kier molecular flexibility index (Phi) is 6.08. The van der Waals surface area contributed by atoms with E-state index in [9.17, 15) is 18.5 Å². The van der Waals surface area contributed by atoms with Crippen LogP contribution in [0, 0.1) is 11.3 Å². The molecular formula is C26H26N4O5S. The number of hydrogen-bond acceptors (Lipinski definition) is 6. The maximum Gasteiger partial charge on any atom is 0.253 e. The van der Waals surface area contributed by atoms with Gasteiger partial charge in [0, 0.05) is 37.5 Å². The standard InChI is InChI=1S/C26H26N4O5S/c1-18(17-31)28-36(33,34)21-9-6-19(7-10-21)25(32)29-14-12-26(13-15-29)24-11-8-20(16-27)30(24)22-4-2-3-5-23(22)35-26/h2-11,18,28,31H,12-15,17H2,1H3. The average molecular weight is 507 g/mol. The summed E-state index contributed by atoms with van der Waals surface area (Å²) >= 11 is 0. The second-order valence-electron chi connectivity index (χ2n) is 9.14. The minimum Gasteiger partial charge on any atom is -0.479 e. The molecule has 0 aliphatic carbocycles. The van der Waals surface area contributed by atoms with Gasteiger partial charge in [0.25, 0.3) is 5.91 Å². The molecule has 1 amide bonds. The zero-order chi connectivity index (χ0) is 25.5. The summed E-state index contributed by atoms with van der Waals surface area (Å²) in [6, 6.07) is 18.8. The molecule has 2 aliphatic rings. The lowest BCUT2D eigenvalue weighted by Crippen LogP contribution is -2.50. The zero-order valence-electron chi connectivity index (χ0n) is 19.7. The number of aliphatic hydroxyl groups excluding tert-OH is 1. The second-order valence-corrected chi connectivity index (χ2v) is 10.9.